The zero-order chi connectivity index (χ0) is 23.7. The maximum absolute atomic E-state index is 13.3. The van der Waals surface area contributed by atoms with E-state index in [9.17, 15) is 9.59 Å². The van der Waals surface area contributed by atoms with Crippen LogP contribution in [0.5, 0.6) is 5.75 Å². The van der Waals surface area contributed by atoms with Gasteiger partial charge < -0.3 is 4.74 Å². The van der Waals surface area contributed by atoms with Crippen molar-refractivity contribution in [3.63, 3.8) is 0 Å². The molecular formula is C29H20N2O3. The van der Waals surface area contributed by atoms with Crippen LogP contribution in [0.25, 0.3) is 11.1 Å². The molecule has 2 amide bonds. The first kappa shape index (κ1) is 21.2. The smallest absolute Gasteiger partial charge is 0.266 e. The fourth-order valence-electron chi connectivity index (χ4n) is 4.22. The molecule has 0 N–H and O–H groups in total. The number of nitrogens with zero attached hydrogens (tertiary/aromatic N) is 2. The summed E-state index contributed by atoms with van der Waals surface area (Å²) in [6, 6.07) is 29.7. The van der Waals surface area contributed by atoms with E-state index in [1.807, 2.05) is 55.5 Å². The maximum Gasteiger partial charge on any atom is 0.266 e. The van der Waals surface area contributed by atoms with Gasteiger partial charge in [-0.25, -0.2) is 4.90 Å². The largest absolute Gasteiger partial charge is 0.489 e. The summed E-state index contributed by atoms with van der Waals surface area (Å²) in [6.45, 7) is 2.17. The van der Waals surface area contributed by atoms with E-state index < -0.39 is 0 Å². The number of rotatable bonds is 5. The Labute approximate surface area is 197 Å². The number of hydrogen-bond acceptors (Lipinski definition) is 4. The number of ether oxygens (including phenoxy) is 1. The Morgan fingerprint density at radius 2 is 1.56 bits per heavy atom. The number of carbonyl (C=O) groups is 2. The van der Waals surface area contributed by atoms with Crippen molar-refractivity contribution < 1.29 is 14.3 Å². The van der Waals surface area contributed by atoms with Crippen molar-refractivity contribution in [2.45, 2.75) is 13.5 Å². The SMILES string of the molecule is Cc1c(-c2ccccc2)cccc1N1C(=O)c2ccc(OCc3cccc(C#N)c3)cc2C1=O. The lowest BCUT2D eigenvalue weighted by Crippen LogP contribution is -2.30. The fraction of sp³-hybridized carbons (Fsp3) is 0.0690. The second-order valence-electron chi connectivity index (χ2n) is 8.07. The molecule has 0 spiro atoms. The minimum Gasteiger partial charge on any atom is -0.489 e. The topological polar surface area (TPSA) is 70.4 Å². The molecule has 164 valence electrons. The molecule has 4 aromatic carbocycles. The van der Waals surface area contributed by atoms with E-state index in [-0.39, 0.29) is 18.4 Å². The Kier molecular flexibility index (Phi) is 5.41. The second-order valence-corrected chi connectivity index (χ2v) is 8.07. The molecular weight excluding hydrogens is 424 g/mol. The molecule has 0 saturated heterocycles. The average Bonchev–Trinajstić information content (AvgIpc) is 3.12. The van der Waals surface area contributed by atoms with Crippen LogP contribution in [0, 0.1) is 18.3 Å². The highest BCUT2D eigenvalue weighted by atomic mass is 16.5. The molecule has 1 aliphatic heterocycles. The van der Waals surface area contributed by atoms with Gasteiger partial charge in [-0.15, -0.1) is 0 Å². The quantitative estimate of drug-likeness (QED) is 0.359. The number of nitriles is 1. The zero-order valence-corrected chi connectivity index (χ0v) is 18.5. The predicted molar refractivity (Wildman–Crippen MR) is 130 cm³/mol. The summed E-state index contributed by atoms with van der Waals surface area (Å²) in [5.74, 6) is -0.231. The molecule has 1 heterocycles. The van der Waals surface area contributed by atoms with E-state index >= 15 is 0 Å². The third kappa shape index (κ3) is 3.72. The Morgan fingerprint density at radius 3 is 2.35 bits per heavy atom. The normalized spacial score (nSPS) is 12.4. The number of fused-ring (bicyclic) bond motifs is 1. The van der Waals surface area contributed by atoms with Crippen LogP contribution < -0.4 is 9.64 Å². The number of anilines is 1. The van der Waals surface area contributed by atoms with Crippen molar-refractivity contribution in [1.82, 2.24) is 0 Å². The summed E-state index contributed by atoms with van der Waals surface area (Å²) in [5.41, 5.74) is 5.50. The van der Waals surface area contributed by atoms with Gasteiger partial charge in [0.25, 0.3) is 11.8 Å². The van der Waals surface area contributed by atoms with E-state index in [0.29, 0.717) is 28.1 Å². The van der Waals surface area contributed by atoms with E-state index in [0.717, 1.165) is 22.3 Å². The predicted octanol–water partition coefficient (Wildman–Crippen LogP) is 5.91. The zero-order valence-electron chi connectivity index (χ0n) is 18.5. The molecule has 4 aromatic rings. The Balaban J connectivity index is 1.43. The van der Waals surface area contributed by atoms with Crippen LogP contribution >= 0.6 is 0 Å². The van der Waals surface area contributed by atoms with Crippen LogP contribution in [0.1, 0.15) is 37.4 Å². The Morgan fingerprint density at radius 1 is 0.794 bits per heavy atom. The molecule has 0 saturated carbocycles. The monoisotopic (exact) mass is 444 g/mol. The standard InChI is InChI=1S/C29H20N2O3/c1-19-24(22-9-3-2-4-10-22)11-6-12-27(19)31-28(32)25-14-13-23(16-26(25)29(31)33)34-18-21-8-5-7-20(15-21)17-30/h2-16H,18H2,1H3. The van der Waals surface area contributed by atoms with Crippen molar-refractivity contribution in [1.29, 1.82) is 5.26 Å². The van der Waals surface area contributed by atoms with Crippen molar-refractivity contribution in [2.24, 2.45) is 0 Å². The number of imide groups is 1. The van der Waals surface area contributed by atoms with Crippen LogP contribution in [-0.4, -0.2) is 11.8 Å². The van der Waals surface area contributed by atoms with Crippen LogP contribution in [0.4, 0.5) is 5.69 Å². The summed E-state index contributed by atoms with van der Waals surface area (Å²) >= 11 is 0. The first-order valence-electron chi connectivity index (χ1n) is 10.9. The van der Waals surface area contributed by atoms with Gasteiger partial charge in [0.1, 0.15) is 12.4 Å². The van der Waals surface area contributed by atoms with Gasteiger partial charge in [-0.05, 0) is 65.6 Å². The van der Waals surface area contributed by atoms with Crippen LogP contribution in [0.3, 0.4) is 0 Å². The summed E-state index contributed by atoms with van der Waals surface area (Å²) in [7, 11) is 0. The highest BCUT2D eigenvalue weighted by Gasteiger charge is 2.38. The average molecular weight is 444 g/mol. The molecule has 0 aromatic heterocycles. The van der Waals surface area contributed by atoms with Gasteiger partial charge in [0.2, 0.25) is 0 Å². The van der Waals surface area contributed by atoms with E-state index in [1.165, 1.54) is 4.90 Å². The summed E-state index contributed by atoms with van der Waals surface area (Å²) in [5, 5.41) is 9.06. The summed E-state index contributed by atoms with van der Waals surface area (Å²) < 4.78 is 5.85. The lowest BCUT2D eigenvalue weighted by molar-refractivity contribution is 0.0926. The number of benzene rings is 4. The molecule has 5 heteroatoms. The highest BCUT2D eigenvalue weighted by molar-refractivity contribution is 6.34. The van der Waals surface area contributed by atoms with Crippen molar-refractivity contribution in [3.8, 4) is 22.9 Å². The fourth-order valence-corrected chi connectivity index (χ4v) is 4.22. The molecule has 5 nitrogen and oxygen atoms in total. The summed E-state index contributed by atoms with van der Waals surface area (Å²) in [4.78, 5) is 27.8. The lowest BCUT2D eigenvalue weighted by atomic mass is 9.99. The van der Waals surface area contributed by atoms with Crippen molar-refractivity contribution in [2.75, 3.05) is 4.90 Å². The Bertz CT molecular complexity index is 1470. The summed E-state index contributed by atoms with van der Waals surface area (Å²) in [6.07, 6.45) is 0. The molecule has 1 aliphatic rings. The van der Waals surface area contributed by atoms with Gasteiger partial charge >= 0.3 is 0 Å². The third-order valence-corrected chi connectivity index (χ3v) is 5.95. The van der Waals surface area contributed by atoms with E-state index in [2.05, 4.69) is 6.07 Å². The van der Waals surface area contributed by atoms with Crippen molar-refractivity contribution in [3.05, 3.63) is 119 Å². The minimum absolute atomic E-state index is 0.248. The van der Waals surface area contributed by atoms with Gasteiger partial charge in [0, 0.05) is 0 Å². The van der Waals surface area contributed by atoms with Gasteiger partial charge in [-0.3, -0.25) is 9.59 Å². The first-order chi connectivity index (χ1) is 16.6. The molecule has 0 bridgehead atoms. The second kappa shape index (κ2) is 8.68. The van der Waals surface area contributed by atoms with Gasteiger partial charge in [0.05, 0.1) is 28.4 Å². The van der Waals surface area contributed by atoms with Gasteiger partial charge in [0.15, 0.2) is 0 Å². The number of hydrogen-bond donors (Lipinski definition) is 0. The first-order valence-corrected chi connectivity index (χ1v) is 10.9. The maximum atomic E-state index is 13.3. The van der Waals surface area contributed by atoms with Gasteiger partial charge in [-0.2, -0.15) is 5.26 Å². The molecule has 0 atom stereocenters. The Hall–Kier alpha value is -4.69. The van der Waals surface area contributed by atoms with E-state index in [4.69, 9.17) is 10.00 Å². The molecule has 0 unspecified atom stereocenters. The number of amides is 2. The van der Waals surface area contributed by atoms with Crippen LogP contribution in [0.2, 0.25) is 0 Å². The molecule has 0 radical (unpaired) electrons. The number of carbonyl (C=O) groups excluding carboxylic acids is 2. The third-order valence-electron chi connectivity index (χ3n) is 5.95. The molecule has 0 fully saturated rings. The van der Waals surface area contributed by atoms with Gasteiger partial charge in [-0.1, -0.05) is 54.6 Å². The molecule has 5 rings (SSSR count). The molecule has 34 heavy (non-hydrogen) atoms. The minimum atomic E-state index is -0.370. The van der Waals surface area contributed by atoms with E-state index in [1.54, 1.807) is 42.5 Å². The highest BCUT2D eigenvalue weighted by Crippen LogP contribution is 2.36. The van der Waals surface area contributed by atoms with Crippen LogP contribution in [-0.2, 0) is 6.61 Å². The van der Waals surface area contributed by atoms with Crippen LogP contribution in [0.15, 0.2) is 91.0 Å². The van der Waals surface area contributed by atoms with Crippen molar-refractivity contribution >= 4 is 17.5 Å². The molecule has 0 aliphatic carbocycles. The lowest BCUT2D eigenvalue weighted by Gasteiger charge is -2.19.